The van der Waals surface area contributed by atoms with E-state index >= 15 is 0 Å². The fourth-order valence-corrected chi connectivity index (χ4v) is 5.02. The Morgan fingerprint density at radius 2 is 1.89 bits per heavy atom. The Morgan fingerprint density at radius 1 is 1.25 bits per heavy atom. The molecule has 0 unspecified atom stereocenters. The van der Waals surface area contributed by atoms with E-state index in [9.17, 15) is 18.0 Å². The Hall–Kier alpha value is -1.94. The maximum absolute atomic E-state index is 12.6. The highest BCUT2D eigenvalue weighted by molar-refractivity contribution is 7.90. The van der Waals surface area contributed by atoms with Gasteiger partial charge in [-0.1, -0.05) is 6.92 Å². The Labute approximate surface area is 174 Å². The predicted molar refractivity (Wildman–Crippen MR) is 112 cm³/mol. The average Bonchev–Trinajstić information content (AvgIpc) is 2.97. The smallest absolute Gasteiger partial charge is 0.256 e. The maximum atomic E-state index is 12.6. The van der Waals surface area contributed by atoms with Crippen molar-refractivity contribution in [2.75, 3.05) is 24.7 Å². The number of carbonyl (C=O) groups excluding carboxylic acids is 2. The molecule has 152 valence electrons. The van der Waals surface area contributed by atoms with Gasteiger partial charge in [-0.25, -0.2) is 8.42 Å². The molecule has 0 bridgehead atoms. The molecule has 3 rings (SSSR count). The van der Waals surface area contributed by atoms with Gasteiger partial charge in [0.2, 0.25) is 0 Å². The van der Waals surface area contributed by atoms with Crippen LogP contribution in [0.5, 0.6) is 0 Å². The summed E-state index contributed by atoms with van der Waals surface area (Å²) >= 11 is 1.37. The van der Waals surface area contributed by atoms with Crippen LogP contribution in [0, 0.1) is 0 Å². The molecule has 28 heavy (non-hydrogen) atoms. The second kappa shape index (κ2) is 8.60. The van der Waals surface area contributed by atoms with Crippen LogP contribution in [0.15, 0.2) is 29.2 Å². The Kier molecular flexibility index (Phi) is 6.87. The normalized spacial score (nSPS) is 14.1. The van der Waals surface area contributed by atoms with Gasteiger partial charge >= 0.3 is 0 Å². The van der Waals surface area contributed by atoms with Crippen LogP contribution in [-0.2, 0) is 22.8 Å². The molecule has 0 aliphatic carbocycles. The number of nitrogens with one attached hydrogen (secondary N) is 1. The molecule has 0 saturated carbocycles. The second-order valence-electron chi connectivity index (χ2n) is 6.44. The zero-order valence-corrected chi connectivity index (χ0v) is 18.0. The number of nitrogens with two attached hydrogens (primary N) is 1. The molecule has 0 radical (unpaired) electrons. The highest BCUT2D eigenvalue weighted by Crippen LogP contribution is 2.37. The van der Waals surface area contributed by atoms with Crippen LogP contribution in [0.4, 0.5) is 5.00 Å². The van der Waals surface area contributed by atoms with Crippen LogP contribution >= 0.6 is 23.7 Å². The summed E-state index contributed by atoms with van der Waals surface area (Å²) in [6.45, 7) is 4.57. The Balaban J connectivity index is 0.00000280. The molecule has 1 aromatic heterocycles. The lowest BCUT2D eigenvalue weighted by atomic mass is 10.0. The summed E-state index contributed by atoms with van der Waals surface area (Å²) in [5.74, 6) is -0.969. The molecule has 1 aliphatic heterocycles. The Morgan fingerprint density at radius 3 is 2.43 bits per heavy atom. The molecule has 0 spiro atoms. The van der Waals surface area contributed by atoms with E-state index in [-0.39, 0.29) is 17.3 Å². The van der Waals surface area contributed by atoms with Gasteiger partial charge in [-0.15, -0.1) is 23.7 Å². The van der Waals surface area contributed by atoms with Gasteiger partial charge in [-0.2, -0.15) is 0 Å². The molecule has 3 N–H and O–H groups in total. The molecule has 1 aliphatic rings. The first-order chi connectivity index (χ1) is 12.7. The SMILES string of the molecule is CCN1CCc2c(sc(NC(=O)c3ccc(S(C)(=O)=O)cc3)c2C(N)=O)C1.Cl. The number of rotatable bonds is 5. The third-order valence-electron chi connectivity index (χ3n) is 4.60. The largest absolute Gasteiger partial charge is 0.365 e. The predicted octanol–water partition coefficient (Wildman–Crippen LogP) is 2.30. The molecule has 2 amide bonds. The summed E-state index contributed by atoms with van der Waals surface area (Å²) in [7, 11) is -3.33. The summed E-state index contributed by atoms with van der Waals surface area (Å²) in [4.78, 5) is 28.0. The lowest BCUT2D eigenvalue weighted by molar-refractivity contribution is 0.1000. The van der Waals surface area contributed by atoms with Gasteiger partial charge in [-0.05, 0) is 42.8 Å². The molecule has 0 atom stereocenters. The van der Waals surface area contributed by atoms with E-state index in [1.807, 2.05) is 0 Å². The van der Waals surface area contributed by atoms with E-state index in [1.54, 1.807) is 0 Å². The highest BCUT2D eigenvalue weighted by atomic mass is 35.5. The third-order valence-corrected chi connectivity index (χ3v) is 6.86. The molecule has 7 nitrogen and oxygen atoms in total. The van der Waals surface area contributed by atoms with Crippen molar-refractivity contribution < 1.29 is 18.0 Å². The minimum atomic E-state index is -3.33. The van der Waals surface area contributed by atoms with Crippen molar-refractivity contribution in [1.29, 1.82) is 0 Å². The van der Waals surface area contributed by atoms with Gasteiger partial charge in [-0.3, -0.25) is 14.5 Å². The van der Waals surface area contributed by atoms with Crippen molar-refractivity contribution in [2.24, 2.45) is 5.73 Å². The van der Waals surface area contributed by atoms with E-state index in [0.717, 1.165) is 42.8 Å². The topological polar surface area (TPSA) is 110 Å². The lowest BCUT2D eigenvalue weighted by Crippen LogP contribution is -2.30. The number of sulfone groups is 1. The number of fused-ring (bicyclic) bond motifs is 1. The van der Waals surface area contributed by atoms with Gasteiger partial charge in [0.05, 0.1) is 10.5 Å². The van der Waals surface area contributed by atoms with E-state index in [4.69, 9.17) is 5.73 Å². The number of hydrogen-bond acceptors (Lipinski definition) is 6. The van der Waals surface area contributed by atoms with Crippen LogP contribution in [0.3, 0.4) is 0 Å². The fourth-order valence-electron chi connectivity index (χ4n) is 3.10. The van der Waals surface area contributed by atoms with Gasteiger partial charge in [0.15, 0.2) is 9.84 Å². The van der Waals surface area contributed by atoms with Crippen molar-refractivity contribution >= 4 is 50.4 Å². The number of amides is 2. The van der Waals surface area contributed by atoms with Gasteiger partial charge in [0.1, 0.15) is 5.00 Å². The number of benzene rings is 1. The number of hydrogen-bond donors (Lipinski definition) is 2. The third kappa shape index (κ3) is 4.54. The number of thiophene rings is 1. The number of halogens is 1. The number of primary amides is 1. The standard InChI is InChI=1S/C18H21N3O4S2.ClH/c1-3-21-9-8-13-14(10-21)26-18(15(13)16(19)22)20-17(23)11-4-6-12(7-5-11)27(2,24)25;/h4-7H,3,8-10H2,1-2H3,(H2,19,22)(H,20,23);1H. The molecular formula is C18H22ClN3O4S2. The summed E-state index contributed by atoms with van der Waals surface area (Å²) in [5, 5.41) is 3.21. The molecule has 0 saturated heterocycles. The monoisotopic (exact) mass is 443 g/mol. The Bertz CT molecular complexity index is 1000. The van der Waals surface area contributed by atoms with Gasteiger partial charge in [0.25, 0.3) is 11.8 Å². The number of carbonyl (C=O) groups is 2. The van der Waals surface area contributed by atoms with Gasteiger partial charge < -0.3 is 11.1 Å². The van der Waals surface area contributed by atoms with E-state index in [1.165, 1.54) is 35.6 Å². The van der Waals surface area contributed by atoms with Crippen molar-refractivity contribution in [1.82, 2.24) is 4.90 Å². The second-order valence-corrected chi connectivity index (χ2v) is 9.56. The molecule has 0 fully saturated rings. The fraction of sp³-hybridized carbons (Fsp3) is 0.333. The van der Waals surface area contributed by atoms with Crippen molar-refractivity contribution in [3.05, 3.63) is 45.8 Å². The van der Waals surface area contributed by atoms with Crippen molar-refractivity contribution in [3.63, 3.8) is 0 Å². The van der Waals surface area contributed by atoms with Crippen molar-refractivity contribution in [2.45, 2.75) is 24.8 Å². The summed E-state index contributed by atoms with van der Waals surface area (Å²) in [6.07, 6.45) is 1.83. The minimum absolute atomic E-state index is 0. The van der Waals surface area contributed by atoms with E-state index in [2.05, 4.69) is 17.1 Å². The highest BCUT2D eigenvalue weighted by Gasteiger charge is 2.27. The van der Waals surface area contributed by atoms with E-state index in [0.29, 0.717) is 16.1 Å². The number of nitrogens with zero attached hydrogens (tertiary/aromatic N) is 1. The first kappa shape index (κ1) is 22.4. The first-order valence-corrected chi connectivity index (χ1v) is 11.2. The van der Waals surface area contributed by atoms with Gasteiger partial charge in [0, 0.05) is 29.8 Å². The van der Waals surface area contributed by atoms with E-state index < -0.39 is 21.7 Å². The average molecular weight is 444 g/mol. The summed E-state index contributed by atoms with van der Waals surface area (Å²) in [5.41, 5.74) is 7.17. The quantitative estimate of drug-likeness (QED) is 0.736. The van der Waals surface area contributed by atoms with Crippen LogP contribution in [0.25, 0.3) is 0 Å². The number of anilines is 1. The summed E-state index contributed by atoms with van der Waals surface area (Å²) < 4.78 is 23.1. The number of likely N-dealkylation sites (N-methyl/N-ethyl adjacent to an activating group) is 1. The molecule has 2 heterocycles. The maximum Gasteiger partial charge on any atom is 0.256 e. The first-order valence-electron chi connectivity index (χ1n) is 8.49. The van der Waals surface area contributed by atoms with Crippen LogP contribution in [0.1, 0.15) is 38.1 Å². The molecule has 2 aromatic rings. The van der Waals surface area contributed by atoms with Crippen LogP contribution in [0.2, 0.25) is 0 Å². The van der Waals surface area contributed by atoms with Crippen molar-refractivity contribution in [3.8, 4) is 0 Å². The lowest BCUT2D eigenvalue weighted by Gasteiger charge is -2.25. The summed E-state index contributed by atoms with van der Waals surface area (Å²) in [6, 6.07) is 5.67. The minimum Gasteiger partial charge on any atom is -0.365 e. The van der Waals surface area contributed by atoms with Crippen LogP contribution in [-0.4, -0.2) is 44.5 Å². The molecular weight excluding hydrogens is 422 g/mol. The zero-order chi connectivity index (χ0) is 19.8. The zero-order valence-electron chi connectivity index (χ0n) is 15.5. The van der Waals surface area contributed by atoms with Crippen LogP contribution < -0.4 is 11.1 Å². The molecule has 1 aromatic carbocycles. The molecule has 10 heteroatoms.